The molecule has 0 saturated heterocycles. The van der Waals surface area contributed by atoms with Crippen molar-refractivity contribution in [3.8, 4) is 17.0 Å². The van der Waals surface area contributed by atoms with Gasteiger partial charge in [-0.2, -0.15) is 0 Å². The lowest BCUT2D eigenvalue weighted by Gasteiger charge is -2.08. The Kier molecular flexibility index (Phi) is 2.64. The average molecular weight is 260 g/mol. The first-order chi connectivity index (χ1) is 8.79. The molecule has 0 unspecified atom stereocenters. The fourth-order valence-electron chi connectivity index (χ4n) is 1.92. The maximum atomic E-state index is 6.04. The Morgan fingerprint density at radius 1 is 1.28 bits per heavy atom. The van der Waals surface area contributed by atoms with Gasteiger partial charge >= 0.3 is 0 Å². The molecule has 90 valence electrons. The van der Waals surface area contributed by atoms with Crippen molar-refractivity contribution < 1.29 is 4.74 Å². The number of fused-ring (bicyclic) bond motifs is 1. The van der Waals surface area contributed by atoms with Gasteiger partial charge in [0, 0.05) is 23.0 Å². The van der Waals surface area contributed by atoms with Gasteiger partial charge in [0.15, 0.2) is 5.65 Å². The number of nitrogens with zero attached hydrogens (tertiary/aromatic N) is 3. The monoisotopic (exact) mass is 259 g/mol. The molecule has 0 radical (unpaired) electrons. The number of rotatable bonds is 2. The lowest BCUT2D eigenvalue weighted by atomic mass is 10.1. The molecular weight excluding hydrogens is 250 g/mol. The molecule has 0 N–H and O–H groups in total. The van der Waals surface area contributed by atoms with Crippen LogP contribution in [0.15, 0.2) is 43.0 Å². The van der Waals surface area contributed by atoms with E-state index in [1.165, 1.54) is 0 Å². The number of hydrogen-bond donors (Lipinski definition) is 0. The van der Waals surface area contributed by atoms with Crippen LogP contribution in [0.25, 0.3) is 16.9 Å². The van der Waals surface area contributed by atoms with Crippen molar-refractivity contribution in [1.29, 1.82) is 0 Å². The number of ether oxygens (including phenoxy) is 1. The van der Waals surface area contributed by atoms with Crippen LogP contribution in [-0.4, -0.2) is 21.5 Å². The fraction of sp³-hybridized carbons (Fsp3) is 0.0769. The third kappa shape index (κ3) is 1.71. The summed E-state index contributed by atoms with van der Waals surface area (Å²) in [4.78, 5) is 8.34. The van der Waals surface area contributed by atoms with Crippen molar-refractivity contribution >= 4 is 17.2 Å². The Morgan fingerprint density at radius 3 is 3.00 bits per heavy atom. The Labute approximate surface area is 109 Å². The molecule has 0 saturated carbocycles. The summed E-state index contributed by atoms with van der Waals surface area (Å²) in [6, 6.07) is 5.51. The van der Waals surface area contributed by atoms with Gasteiger partial charge in [0.05, 0.1) is 25.2 Å². The number of methoxy groups -OCH3 is 1. The molecule has 0 aliphatic rings. The van der Waals surface area contributed by atoms with Crippen molar-refractivity contribution in [1.82, 2.24) is 14.4 Å². The van der Waals surface area contributed by atoms with Crippen molar-refractivity contribution in [2.75, 3.05) is 7.11 Å². The minimum atomic E-state index is 0.662. The van der Waals surface area contributed by atoms with Crippen molar-refractivity contribution in [3.63, 3.8) is 0 Å². The van der Waals surface area contributed by atoms with E-state index in [4.69, 9.17) is 16.3 Å². The standard InChI is InChI=1S/C13H10ClN3O/c1-18-12-3-2-9(14)6-10(12)11-7-16-13-8-15-4-5-17(11)13/h2-8H,1H3. The maximum absolute atomic E-state index is 6.04. The second kappa shape index (κ2) is 4.31. The highest BCUT2D eigenvalue weighted by molar-refractivity contribution is 6.30. The van der Waals surface area contributed by atoms with E-state index in [9.17, 15) is 0 Å². The number of aromatic nitrogens is 3. The largest absolute Gasteiger partial charge is 0.496 e. The molecule has 4 nitrogen and oxygen atoms in total. The number of halogens is 1. The lowest BCUT2D eigenvalue weighted by molar-refractivity contribution is 0.416. The van der Waals surface area contributed by atoms with E-state index >= 15 is 0 Å². The molecule has 0 aliphatic heterocycles. The van der Waals surface area contributed by atoms with Crippen LogP contribution in [0.1, 0.15) is 0 Å². The first-order valence-electron chi connectivity index (χ1n) is 5.40. The summed E-state index contributed by atoms with van der Waals surface area (Å²) < 4.78 is 7.30. The summed E-state index contributed by atoms with van der Waals surface area (Å²) in [6.45, 7) is 0. The van der Waals surface area contributed by atoms with Gasteiger partial charge in [0.1, 0.15) is 5.75 Å². The van der Waals surface area contributed by atoms with Gasteiger partial charge in [0.25, 0.3) is 0 Å². The number of hydrogen-bond acceptors (Lipinski definition) is 3. The molecule has 0 fully saturated rings. The van der Waals surface area contributed by atoms with E-state index in [1.807, 2.05) is 22.7 Å². The first-order valence-corrected chi connectivity index (χ1v) is 5.78. The van der Waals surface area contributed by atoms with Gasteiger partial charge in [-0.3, -0.25) is 9.38 Å². The predicted octanol–water partition coefficient (Wildman–Crippen LogP) is 3.06. The highest BCUT2D eigenvalue weighted by atomic mass is 35.5. The van der Waals surface area contributed by atoms with Gasteiger partial charge in [-0.15, -0.1) is 0 Å². The van der Waals surface area contributed by atoms with E-state index in [-0.39, 0.29) is 0 Å². The summed E-state index contributed by atoms with van der Waals surface area (Å²) >= 11 is 6.04. The van der Waals surface area contributed by atoms with Gasteiger partial charge in [-0.05, 0) is 18.2 Å². The van der Waals surface area contributed by atoms with Crippen LogP contribution in [0.3, 0.4) is 0 Å². The molecule has 0 spiro atoms. The van der Waals surface area contributed by atoms with Crippen LogP contribution in [0.4, 0.5) is 0 Å². The minimum absolute atomic E-state index is 0.662. The van der Waals surface area contributed by atoms with Gasteiger partial charge in [-0.25, -0.2) is 4.98 Å². The molecule has 2 aromatic heterocycles. The quantitative estimate of drug-likeness (QED) is 0.710. The van der Waals surface area contributed by atoms with E-state index in [2.05, 4.69) is 9.97 Å². The topological polar surface area (TPSA) is 39.4 Å². The van der Waals surface area contributed by atoms with Gasteiger partial charge in [-0.1, -0.05) is 11.6 Å². The van der Waals surface area contributed by atoms with Crippen LogP contribution >= 0.6 is 11.6 Å². The predicted molar refractivity (Wildman–Crippen MR) is 70.0 cm³/mol. The molecule has 5 heteroatoms. The molecule has 0 amide bonds. The maximum Gasteiger partial charge on any atom is 0.155 e. The summed E-state index contributed by atoms with van der Waals surface area (Å²) in [5.74, 6) is 0.762. The molecule has 1 aromatic carbocycles. The van der Waals surface area contributed by atoms with Crippen molar-refractivity contribution in [2.24, 2.45) is 0 Å². The second-order valence-electron chi connectivity index (χ2n) is 3.79. The van der Waals surface area contributed by atoms with Crippen molar-refractivity contribution in [2.45, 2.75) is 0 Å². The van der Waals surface area contributed by atoms with Crippen LogP contribution in [0.5, 0.6) is 5.75 Å². The third-order valence-corrected chi connectivity index (χ3v) is 2.99. The van der Waals surface area contributed by atoms with E-state index < -0.39 is 0 Å². The average Bonchev–Trinajstić information content (AvgIpc) is 2.82. The Hall–Kier alpha value is -2.07. The smallest absolute Gasteiger partial charge is 0.155 e. The van der Waals surface area contributed by atoms with Gasteiger partial charge in [0.2, 0.25) is 0 Å². The SMILES string of the molecule is COc1ccc(Cl)cc1-c1cnc2cnccn12. The second-order valence-corrected chi connectivity index (χ2v) is 4.23. The van der Waals surface area contributed by atoms with Crippen LogP contribution in [-0.2, 0) is 0 Å². The Balaban J connectivity index is 2.29. The normalized spacial score (nSPS) is 10.8. The zero-order valence-corrected chi connectivity index (χ0v) is 10.4. The summed E-state index contributed by atoms with van der Waals surface area (Å²) in [5, 5.41) is 0.662. The fourth-order valence-corrected chi connectivity index (χ4v) is 2.09. The molecule has 3 rings (SSSR count). The molecule has 0 bridgehead atoms. The highest BCUT2D eigenvalue weighted by Crippen LogP contribution is 2.32. The highest BCUT2D eigenvalue weighted by Gasteiger charge is 2.11. The summed E-state index contributed by atoms with van der Waals surface area (Å²) in [5.41, 5.74) is 2.62. The summed E-state index contributed by atoms with van der Waals surface area (Å²) in [7, 11) is 1.64. The van der Waals surface area contributed by atoms with E-state index in [0.29, 0.717) is 5.02 Å². The lowest BCUT2D eigenvalue weighted by Crippen LogP contribution is -1.92. The zero-order chi connectivity index (χ0) is 12.5. The van der Waals surface area contributed by atoms with E-state index in [0.717, 1.165) is 22.7 Å². The molecule has 0 aliphatic carbocycles. The molecule has 3 aromatic rings. The molecule has 0 atom stereocenters. The number of imidazole rings is 1. The van der Waals surface area contributed by atoms with Crippen LogP contribution in [0, 0.1) is 0 Å². The first kappa shape index (κ1) is 11.0. The molecular formula is C13H10ClN3O. The Bertz CT molecular complexity index is 708. The van der Waals surface area contributed by atoms with Gasteiger partial charge < -0.3 is 4.74 Å². The van der Waals surface area contributed by atoms with E-state index in [1.54, 1.807) is 31.8 Å². The van der Waals surface area contributed by atoms with Crippen molar-refractivity contribution in [3.05, 3.63) is 48.0 Å². The van der Waals surface area contributed by atoms with Crippen LogP contribution < -0.4 is 4.74 Å². The molecule has 2 heterocycles. The number of benzene rings is 1. The van der Waals surface area contributed by atoms with Crippen LogP contribution in [0.2, 0.25) is 5.02 Å². The molecule has 18 heavy (non-hydrogen) atoms. The zero-order valence-electron chi connectivity index (χ0n) is 9.67. The Morgan fingerprint density at radius 2 is 2.17 bits per heavy atom. The summed E-state index contributed by atoms with van der Waals surface area (Å²) in [6.07, 6.45) is 7.07. The third-order valence-electron chi connectivity index (χ3n) is 2.75. The minimum Gasteiger partial charge on any atom is -0.496 e.